The number of nitrogens with one attached hydrogen (secondary N) is 1. The first-order valence-electron chi connectivity index (χ1n) is 4.92. The first-order chi connectivity index (χ1) is 6.82. The zero-order valence-electron chi connectivity index (χ0n) is 9.52. The van der Waals surface area contributed by atoms with Gasteiger partial charge >= 0.3 is 0 Å². The Balaban J connectivity index is 2.49. The topological polar surface area (TPSA) is 52.6 Å². The number of hydrogen-bond donors (Lipinski definition) is 2. The minimum atomic E-state index is -0.398. The zero-order chi connectivity index (χ0) is 11.6. The summed E-state index contributed by atoms with van der Waals surface area (Å²) in [6.45, 7) is 7.49. The van der Waals surface area contributed by atoms with Crippen molar-refractivity contribution in [3.63, 3.8) is 0 Å². The van der Waals surface area contributed by atoms with E-state index in [0.717, 1.165) is 5.06 Å². The Hall–Kier alpha value is -0.680. The van der Waals surface area contributed by atoms with Crippen molar-refractivity contribution in [2.24, 2.45) is 5.41 Å². The largest absolute Gasteiger partial charge is 0.350 e. The monoisotopic (exact) mass is 230 g/mol. The van der Waals surface area contributed by atoms with Gasteiger partial charge in [-0.05, 0) is 12.3 Å². The number of rotatable bonds is 2. The predicted octanol–water partition coefficient (Wildman–Crippen LogP) is 1.77. The third kappa shape index (κ3) is 3.14. The molecule has 1 unspecified atom stereocenters. The molecule has 1 aliphatic rings. The SMILES string of the molecule is C[C@@H](NC(=O)C(C)(C)C)C1SC=CN1O. The Morgan fingerprint density at radius 1 is 1.60 bits per heavy atom. The van der Waals surface area contributed by atoms with Gasteiger partial charge in [0.1, 0.15) is 5.37 Å². The standard InChI is InChI=1S/C10H18N2O2S/c1-7(8-12(14)5-6-15-8)11-9(13)10(2,3)4/h5-8,14H,1-4H3,(H,11,13)/t7-,8?/m1/s1. The molecule has 1 rings (SSSR count). The van der Waals surface area contributed by atoms with E-state index in [0.29, 0.717) is 0 Å². The summed E-state index contributed by atoms with van der Waals surface area (Å²) in [5, 5.41) is 15.1. The van der Waals surface area contributed by atoms with Crippen molar-refractivity contribution in [2.75, 3.05) is 0 Å². The second-order valence-corrected chi connectivity index (χ2v) is 5.73. The number of thioether (sulfide) groups is 1. The number of amides is 1. The van der Waals surface area contributed by atoms with Crippen molar-refractivity contribution in [2.45, 2.75) is 39.1 Å². The highest BCUT2D eigenvalue weighted by molar-refractivity contribution is 8.02. The Labute approximate surface area is 94.7 Å². The summed E-state index contributed by atoms with van der Waals surface area (Å²) in [6.07, 6.45) is 1.59. The molecule has 2 atom stereocenters. The number of carbonyl (C=O) groups is 1. The van der Waals surface area contributed by atoms with Crippen LogP contribution in [0.4, 0.5) is 0 Å². The Morgan fingerprint density at radius 2 is 2.20 bits per heavy atom. The highest BCUT2D eigenvalue weighted by Gasteiger charge is 2.29. The molecule has 0 saturated heterocycles. The molecule has 15 heavy (non-hydrogen) atoms. The molecule has 0 aliphatic carbocycles. The van der Waals surface area contributed by atoms with E-state index < -0.39 is 5.41 Å². The quantitative estimate of drug-likeness (QED) is 0.759. The molecular weight excluding hydrogens is 212 g/mol. The van der Waals surface area contributed by atoms with Crippen molar-refractivity contribution in [3.05, 3.63) is 11.6 Å². The molecule has 0 spiro atoms. The molecule has 5 heteroatoms. The lowest BCUT2D eigenvalue weighted by atomic mass is 9.95. The van der Waals surface area contributed by atoms with E-state index in [-0.39, 0.29) is 17.3 Å². The summed E-state index contributed by atoms with van der Waals surface area (Å²) in [5.74, 6) is -0.00380. The number of carbonyl (C=O) groups excluding carboxylic acids is 1. The minimum absolute atomic E-state index is 0.00380. The normalized spacial score (nSPS) is 23.0. The highest BCUT2D eigenvalue weighted by Crippen LogP contribution is 2.26. The average molecular weight is 230 g/mol. The lowest BCUT2D eigenvalue weighted by Crippen LogP contribution is -2.48. The van der Waals surface area contributed by atoms with Gasteiger partial charge in [-0.15, -0.1) is 11.8 Å². The van der Waals surface area contributed by atoms with Gasteiger partial charge in [-0.3, -0.25) is 10.0 Å². The maximum Gasteiger partial charge on any atom is 0.225 e. The van der Waals surface area contributed by atoms with Gasteiger partial charge in [0, 0.05) is 11.6 Å². The van der Waals surface area contributed by atoms with E-state index in [9.17, 15) is 10.0 Å². The van der Waals surface area contributed by atoms with Crippen molar-refractivity contribution in [1.29, 1.82) is 0 Å². The van der Waals surface area contributed by atoms with Gasteiger partial charge in [-0.25, -0.2) is 5.06 Å². The fourth-order valence-electron chi connectivity index (χ4n) is 1.17. The van der Waals surface area contributed by atoms with Gasteiger partial charge in [-0.2, -0.15) is 0 Å². The average Bonchev–Trinajstić information content (AvgIpc) is 2.49. The molecule has 0 aromatic rings. The Morgan fingerprint density at radius 3 is 2.60 bits per heavy atom. The van der Waals surface area contributed by atoms with Gasteiger partial charge < -0.3 is 5.32 Å². The molecule has 86 valence electrons. The number of nitrogens with zero attached hydrogens (tertiary/aromatic N) is 1. The summed E-state index contributed by atoms with van der Waals surface area (Å²) >= 11 is 1.49. The first kappa shape index (κ1) is 12.4. The van der Waals surface area contributed by atoms with Crippen LogP contribution < -0.4 is 5.32 Å². The molecule has 1 amide bonds. The molecule has 0 radical (unpaired) electrons. The molecule has 0 fully saturated rings. The predicted molar refractivity (Wildman–Crippen MR) is 61.2 cm³/mol. The third-order valence-corrected chi connectivity index (χ3v) is 3.34. The maximum absolute atomic E-state index is 11.7. The second-order valence-electron chi connectivity index (χ2n) is 4.70. The van der Waals surface area contributed by atoms with Crippen molar-refractivity contribution < 1.29 is 10.0 Å². The van der Waals surface area contributed by atoms with Crippen molar-refractivity contribution in [3.8, 4) is 0 Å². The van der Waals surface area contributed by atoms with Crippen LogP contribution >= 0.6 is 11.8 Å². The van der Waals surface area contributed by atoms with Crippen LogP contribution in [0.25, 0.3) is 0 Å². The molecule has 0 aromatic carbocycles. The molecule has 0 bridgehead atoms. The maximum atomic E-state index is 11.7. The van der Waals surface area contributed by atoms with Crippen LogP contribution in [-0.4, -0.2) is 27.6 Å². The van der Waals surface area contributed by atoms with Crippen LogP contribution in [0.1, 0.15) is 27.7 Å². The van der Waals surface area contributed by atoms with Gasteiger partial charge in [0.25, 0.3) is 0 Å². The Kier molecular flexibility index (Phi) is 3.67. The van der Waals surface area contributed by atoms with Crippen LogP contribution in [0.5, 0.6) is 0 Å². The van der Waals surface area contributed by atoms with Crippen LogP contribution in [0, 0.1) is 5.41 Å². The molecule has 4 nitrogen and oxygen atoms in total. The highest BCUT2D eigenvalue weighted by atomic mass is 32.2. The lowest BCUT2D eigenvalue weighted by molar-refractivity contribution is -0.130. The van der Waals surface area contributed by atoms with Crippen molar-refractivity contribution >= 4 is 17.7 Å². The molecule has 0 aromatic heterocycles. The van der Waals surface area contributed by atoms with E-state index in [4.69, 9.17) is 0 Å². The van der Waals surface area contributed by atoms with Crippen LogP contribution in [0.2, 0.25) is 0 Å². The summed E-state index contributed by atoms with van der Waals surface area (Å²) in [4.78, 5) is 11.7. The summed E-state index contributed by atoms with van der Waals surface area (Å²) < 4.78 is 0. The van der Waals surface area contributed by atoms with Crippen LogP contribution in [0.3, 0.4) is 0 Å². The van der Waals surface area contributed by atoms with Gasteiger partial charge in [0.2, 0.25) is 5.91 Å². The molecular formula is C10H18N2O2S. The number of hydrogen-bond acceptors (Lipinski definition) is 4. The molecule has 1 heterocycles. The van der Waals surface area contributed by atoms with E-state index >= 15 is 0 Å². The molecule has 1 aliphatic heterocycles. The van der Waals surface area contributed by atoms with Crippen molar-refractivity contribution in [1.82, 2.24) is 10.4 Å². The smallest absolute Gasteiger partial charge is 0.225 e. The third-order valence-electron chi connectivity index (χ3n) is 2.16. The molecule has 0 saturated carbocycles. The minimum Gasteiger partial charge on any atom is -0.350 e. The van der Waals surface area contributed by atoms with E-state index in [1.54, 1.807) is 6.20 Å². The van der Waals surface area contributed by atoms with E-state index in [1.807, 2.05) is 33.1 Å². The van der Waals surface area contributed by atoms with E-state index in [1.165, 1.54) is 11.8 Å². The zero-order valence-corrected chi connectivity index (χ0v) is 10.3. The lowest BCUT2D eigenvalue weighted by Gasteiger charge is -2.28. The Bertz CT molecular complexity index is 273. The number of hydroxylamine groups is 2. The second kappa shape index (κ2) is 4.45. The summed E-state index contributed by atoms with van der Waals surface area (Å²) in [7, 11) is 0. The summed E-state index contributed by atoms with van der Waals surface area (Å²) in [6, 6.07) is -0.0956. The van der Waals surface area contributed by atoms with Gasteiger partial charge in [-0.1, -0.05) is 20.8 Å². The van der Waals surface area contributed by atoms with Gasteiger partial charge in [0.05, 0.1) is 6.04 Å². The fraction of sp³-hybridized carbons (Fsp3) is 0.700. The van der Waals surface area contributed by atoms with Crippen LogP contribution in [-0.2, 0) is 4.79 Å². The summed E-state index contributed by atoms with van der Waals surface area (Å²) in [5.41, 5.74) is -0.398. The van der Waals surface area contributed by atoms with Gasteiger partial charge in [0.15, 0.2) is 0 Å². The molecule has 2 N–H and O–H groups in total. The van der Waals surface area contributed by atoms with E-state index in [2.05, 4.69) is 5.32 Å². The fourth-order valence-corrected chi connectivity index (χ4v) is 2.02. The van der Waals surface area contributed by atoms with Crippen LogP contribution in [0.15, 0.2) is 11.6 Å². The first-order valence-corrected chi connectivity index (χ1v) is 5.87.